The molecule has 0 radical (unpaired) electrons. The van der Waals surface area contributed by atoms with Crippen LogP contribution in [0.5, 0.6) is 0 Å². The number of anilines is 2. The van der Waals surface area contributed by atoms with Crippen LogP contribution in [0.1, 0.15) is 81.4 Å². The van der Waals surface area contributed by atoms with Gasteiger partial charge in [-0.3, -0.25) is 0 Å². The maximum Gasteiger partial charge on any atom is 0.416 e. The molecule has 240 valence electrons. The molecule has 0 spiro atoms. The van der Waals surface area contributed by atoms with E-state index in [4.69, 9.17) is 20.7 Å². The SMILES string of the molecule is Cl.Cl.Cl.N[C@H]1CC[C@H](Nc2nc(NN3CCC(Cc4cccc(C(F)(F)F)c4)CC3)c3ncn(C4CCCC4)c3n2)CC1. The predicted molar refractivity (Wildman–Crippen MR) is 171 cm³/mol. The zero-order valence-electron chi connectivity index (χ0n) is 24.1. The number of nitrogens with two attached hydrogens (primary N) is 1. The summed E-state index contributed by atoms with van der Waals surface area (Å²) in [6.45, 7) is 1.56. The van der Waals surface area contributed by atoms with E-state index < -0.39 is 11.7 Å². The van der Waals surface area contributed by atoms with Crippen LogP contribution in [0, 0.1) is 5.92 Å². The zero-order chi connectivity index (χ0) is 27.7. The molecule has 0 amide bonds. The largest absolute Gasteiger partial charge is 0.416 e. The third-order valence-corrected chi connectivity index (χ3v) is 8.90. The first kappa shape index (κ1) is 35.4. The topological polar surface area (TPSA) is 96.9 Å². The van der Waals surface area contributed by atoms with E-state index in [1.165, 1.54) is 25.0 Å². The van der Waals surface area contributed by atoms with Gasteiger partial charge in [-0.25, -0.2) is 9.99 Å². The Morgan fingerprint density at radius 1 is 0.907 bits per heavy atom. The number of rotatable bonds is 7. The average Bonchev–Trinajstić information content (AvgIpc) is 3.61. The molecule has 3 aromatic rings. The van der Waals surface area contributed by atoms with Gasteiger partial charge in [-0.05, 0) is 75.3 Å². The van der Waals surface area contributed by atoms with Crippen molar-refractivity contribution in [2.75, 3.05) is 23.8 Å². The number of halogens is 6. The lowest BCUT2D eigenvalue weighted by molar-refractivity contribution is -0.137. The van der Waals surface area contributed by atoms with Gasteiger partial charge >= 0.3 is 6.18 Å². The smallest absolute Gasteiger partial charge is 0.351 e. The van der Waals surface area contributed by atoms with Gasteiger partial charge in [0.1, 0.15) is 0 Å². The van der Waals surface area contributed by atoms with E-state index >= 15 is 0 Å². The number of fused-ring (bicyclic) bond motifs is 1. The van der Waals surface area contributed by atoms with Crippen molar-refractivity contribution < 1.29 is 13.2 Å². The summed E-state index contributed by atoms with van der Waals surface area (Å²) in [5.41, 5.74) is 11.4. The maximum atomic E-state index is 13.1. The van der Waals surface area contributed by atoms with Crippen LogP contribution in [0.2, 0.25) is 0 Å². The molecule has 0 atom stereocenters. The van der Waals surface area contributed by atoms with Crippen LogP contribution in [0.15, 0.2) is 30.6 Å². The van der Waals surface area contributed by atoms with Gasteiger partial charge < -0.3 is 21.0 Å². The van der Waals surface area contributed by atoms with Crippen molar-refractivity contribution in [3.63, 3.8) is 0 Å². The summed E-state index contributed by atoms with van der Waals surface area (Å²) in [7, 11) is 0. The third kappa shape index (κ3) is 8.57. The zero-order valence-corrected chi connectivity index (χ0v) is 26.5. The molecule has 2 aromatic heterocycles. The quantitative estimate of drug-likeness (QED) is 0.246. The van der Waals surface area contributed by atoms with E-state index in [-0.39, 0.29) is 43.3 Å². The summed E-state index contributed by atoms with van der Waals surface area (Å²) in [5.74, 6) is 1.66. The fraction of sp³-hybridized carbons (Fsp3) is 0.621. The first-order chi connectivity index (χ1) is 19.3. The van der Waals surface area contributed by atoms with Gasteiger partial charge in [-0.15, -0.1) is 37.2 Å². The molecule has 0 unspecified atom stereocenters. The van der Waals surface area contributed by atoms with Crippen LogP contribution in [0.25, 0.3) is 11.2 Å². The standard InChI is InChI=1S/C29H39F3N8.3ClH/c30-29(31,32)21-5-3-4-20(17-21)16-19-12-14-39(15-13-19)38-26-25-27(40(18-34-25)24-6-1-2-7-24)37-28(36-26)35-23-10-8-22(33)9-11-23;;;/h3-5,17-19,22-24H,1-2,6-16,33H2,(H2,35,36,37,38);3*1H/t22-,23-;;;. The lowest BCUT2D eigenvalue weighted by atomic mass is 9.90. The predicted octanol–water partition coefficient (Wildman–Crippen LogP) is 7.19. The van der Waals surface area contributed by atoms with Crippen molar-refractivity contribution in [3.05, 3.63) is 41.7 Å². The molecular formula is C29H42Cl3F3N8. The molecule has 3 aliphatic rings. The average molecular weight is 666 g/mol. The molecule has 4 N–H and O–H groups in total. The number of imidazole rings is 1. The molecule has 6 rings (SSSR count). The lowest BCUT2D eigenvalue weighted by Crippen LogP contribution is -2.39. The molecule has 2 saturated carbocycles. The Labute approximate surface area is 269 Å². The van der Waals surface area contributed by atoms with Gasteiger partial charge in [-0.2, -0.15) is 23.1 Å². The van der Waals surface area contributed by atoms with Crippen LogP contribution < -0.4 is 16.5 Å². The van der Waals surface area contributed by atoms with Gasteiger partial charge in [0.25, 0.3) is 0 Å². The molecule has 0 bridgehead atoms. The Morgan fingerprint density at radius 3 is 2.28 bits per heavy atom. The second-order valence-corrected chi connectivity index (χ2v) is 11.9. The molecule has 3 heterocycles. The maximum absolute atomic E-state index is 13.1. The van der Waals surface area contributed by atoms with Gasteiger partial charge in [0.2, 0.25) is 5.95 Å². The molecule has 1 aromatic carbocycles. The van der Waals surface area contributed by atoms with Crippen molar-refractivity contribution in [3.8, 4) is 0 Å². The molecule has 14 heteroatoms. The minimum absolute atomic E-state index is 0. The molecular weight excluding hydrogens is 624 g/mol. The number of nitrogens with one attached hydrogen (secondary N) is 2. The van der Waals surface area contributed by atoms with Crippen molar-refractivity contribution in [2.45, 2.75) is 94.9 Å². The number of hydrogen-bond acceptors (Lipinski definition) is 7. The summed E-state index contributed by atoms with van der Waals surface area (Å²) in [4.78, 5) is 14.6. The molecule has 3 fully saturated rings. The summed E-state index contributed by atoms with van der Waals surface area (Å²) < 4.78 is 41.6. The van der Waals surface area contributed by atoms with Crippen molar-refractivity contribution >= 4 is 60.2 Å². The van der Waals surface area contributed by atoms with E-state index in [9.17, 15) is 13.2 Å². The van der Waals surface area contributed by atoms with Crippen molar-refractivity contribution in [1.29, 1.82) is 0 Å². The Morgan fingerprint density at radius 2 is 1.60 bits per heavy atom. The number of alkyl halides is 3. The number of nitrogens with zero attached hydrogens (tertiary/aromatic N) is 5. The third-order valence-electron chi connectivity index (χ3n) is 8.90. The van der Waals surface area contributed by atoms with Crippen LogP contribution in [0.4, 0.5) is 24.9 Å². The minimum atomic E-state index is -4.31. The summed E-state index contributed by atoms with van der Waals surface area (Å²) >= 11 is 0. The summed E-state index contributed by atoms with van der Waals surface area (Å²) in [6, 6.07) is 6.73. The summed E-state index contributed by atoms with van der Waals surface area (Å²) in [5, 5.41) is 5.73. The lowest BCUT2D eigenvalue weighted by Gasteiger charge is -2.32. The van der Waals surface area contributed by atoms with E-state index in [2.05, 4.69) is 20.3 Å². The first-order valence-corrected chi connectivity index (χ1v) is 14.8. The minimum Gasteiger partial charge on any atom is -0.351 e. The number of piperidine rings is 1. The fourth-order valence-corrected chi connectivity index (χ4v) is 6.56. The highest BCUT2D eigenvalue weighted by Crippen LogP contribution is 2.34. The van der Waals surface area contributed by atoms with E-state index in [0.29, 0.717) is 36.2 Å². The van der Waals surface area contributed by atoms with Gasteiger partial charge in [-0.1, -0.05) is 31.0 Å². The van der Waals surface area contributed by atoms with Crippen LogP contribution in [-0.4, -0.2) is 49.7 Å². The van der Waals surface area contributed by atoms with E-state index in [1.807, 2.05) is 6.33 Å². The molecule has 2 aliphatic carbocycles. The number of aromatic nitrogens is 4. The molecule has 1 aliphatic heterocycles. The van der Waals surface area contributed by atoms with Crippen LogP contribution in [0.3, 0.4) is 0 Å². The second kappa shape index (κ2) is 15.3. The highest BCUT2D eigenvalue weighted by Gasteiger charge is 2.31. The number of hydrazine groups is 1. The van der Waals surface area contributed by atoms with Crippen LogP contribution >= 0.6 is 37.2 Å². The Kier molecular flexibility index (Phi) is 12.6. The molecule has 8 nitrogen and oxygen atoms in total. The van der Waals surface area contributed by atoms with E-state index in [1.54, 1.807) is 6.07 Å². The molecule has 1 saturated heterocycles. The highest BCUT2D eigenvalue weighted by atomic mass is 35.5. The van der Waals surface area contributed by atoms with Gasteiger partial charge in [0.05, 0.1) is 11.9 Å². The fourth-order valence-electron chi connectivity index (χ4n) is 6.56. The second-order valence-electron chi connectivity index (χ2n) is 11.9. The Bertz CT molecular complexity index is 1300. The highest BCUT2D eigenvalue weighted by molar-refractivity contribution is 5.86. The number of hydrogen-bond donors (Lipinski definition) is 3. The molecule has 43 heavy (non-hydrogen) atoms. The van der Waals surface area contributed by atoms with Gasteiger partial charge in [0, 0.05) is 31.2 Å². The monoisotopic (exact) mass is 664 g/mol. The van der Waals surface area contributed by atoms with Crippen molar-refractivity contribution in [2.24, 2.45) is 11.7 Å². The first-order valence-electron chi connectivity index (χ1n) is 14.8. The van der Waals surface area contributed by atoms with Crippen molar-refractivity contribution in [1.82, 2.24) is 24.5 Å². The number of benzene rings is 1. The van der Waals surface area contributed by atoms with E-state index in [0.717, 1.165) is 87.2 Å². The van der Waals surface area contributed by atoms with Crippen LogP contribution in [-0.2, 0) is 12.6 Å². The Hall–Kier alpha value is -2.05. The summed E-state index contributed by atoms with van der Waals surface area (Å²) in [6.07, 6.45) is 8.78. The normalized spacial score (nSPS) is 22.0. The Balaban J connectivity index is 0.00000169. The van der Waals surface area contributed by atoms with Gasteiger partial charge in [0.15, 0.2) is 17.0 Å².